The van der Waals surface area contributed by atoms with Crippen molar-refractivity contribution in [1.29, 1.82) is 0 Å². The first-order valence-electron chi connectivity index (χ1n) is 4.30. The van der Waals surface area contributed by atoms with Crippen LogP contribution in [0.5, 0.6) is 5.75 Å². The summed E-state index contributed by atoms with van der Waals surface area (Å²) in [7, 11) is 1.46. The van der Waals surface area contributed by atoms with Crippen molar-refractivity contribution in [3.05, 3.63) is 24.0 Å². The van der Waals surface area contributed by atoms with E-state index >= 15 is 0 Å². The first-order chi connectivity index (χ1) is 7.52. The SMILES string of the molecule is COc1ccc(F)c(N=C(N)N=C(N)N)c1. The molecule has 0 bridgehead atoms. The highest BCUT2D eigenvalue weighted by molar-refractivity contribution is 5.93. The van der Waals surface area contributed by atoms with E-state index in [9.17, 15) is 4.39 Å². The third-order valence-corrected chi connectivity index (χ3v) is 1.63. The largest absolute Gasteiger partial charge is 0.497 e. The third-order valence-electron chi connectivity index (χ3n) is 1.63. The van der Waals surface area contributed by atoms with Gasteiger partial charge in [-0.25, -0.2) is 9.38 Å². The van der Waals surface area contributed by atoms with Crippen LogP contribution in [-0.4, -0.2) is 19.0 Å². The monoisotopic (exact) mass is 225 g/mol. The summed E-state index contributed by atoms with van der Waals surface area (Å²) in [5.74, 6) is -0.566. The van der Waals surface area contributed by atoms with Gasteiger partial charge in [-0.05, 0) is 12.1 Å². The van der Waals surface area contributed by atoms with E-state index in [0.717, 1.165) is 0 Å². The highest BCUT2D eigenvalue weighted by atomic mass is 19.1. The summed E-state index contributed by atoms with van der Waals surface area (Å²) in [6, 6.07) is 4.05. The molecule has 0 aliphatic rings. The molecule has 0 radical (unpaired) electrons. The summed E-state index contributed by atoms with van der Waals surface area (Å²) in [4.78, 5) is 7.16. The highest BCUT2D eigenvalue weighted by Crippen LogP contribution is 2.23. The number of methoxy groups -OCH3 is 1. The number of halogens is 1. The Balaban J connectivity index is 3.08. The van der Waals surface area contributed by atoms with E-state index in [1.807, 2.05) is 0 Å². The van der Waals surface area contributed by atoms with Gasteiger partial charge in [-0.2, -0.15) is 4.99 Å². The lowest BCUT2D eigenvalue weighted by Crippen LogP contribution is -2.26. The molecule has 0 atom stereocenters. The second-order valence-corrected chi connectivity index (χ2v) is 2.82. The zero-order chi connectivity index (χ0) is 12.1. The van der Waals surface area contributed by atoms with Gasteiger partial charge < -0.3 is 21.9 Å². The fourth-order valence-corrected chi connectivity index (χ4v) is 0.986. The molecule has 0 aliphatic carbocycles. The van der Waals surface area contributed by atoms with Crippen molar-refractivity contribution in [1.82, 2.24) is 0 Å². The Labute approximate surface area is 91.6 Å². The maximum absolute atomic E-state index is 13.3. The van der Waals surface area contributed by atoms with Gasteiger partial charge in [0.05, 0.1) is 7.11 Å². The van der Waals surface area contributed by atoms with Crippen LogP contribution in [0, 0.1) is 5.82 Å². The van der Waals surface area contributed by atoms with Gasteiger partial charge in [-0.15, -0.1) is 0 Å². The molecular formula is C9H12FN5O. The van der Waals surface area contributed by atoms with E-state index in [1.165, 1.54) is 25.3 Å². The van der Waals surface area contributed by atoms with Crippen LogP contribution in [0.25, 0.3) is 0 Å². The molecule has 0 saturated heterocycles. The van der Waals surface area contributed by atoms with Crippen LogP contribution in [0.2, 0.25) is 0 Å². The van der Waals surface area contributed by atoms with Crippen LogP contribution in [0.1, 0.15) is 0 Å². The molecule has 0 aromatic heterocycles. The zero-order valence-electron chi connectivity index (χ0n) is 8.64. The molecule has 6 N–H and O–H groups in total. The van der Waals surface area contributed by atoms with Gasteiger partial charge >= 0.3 is 0 Å². The average molecular weight is 225 g/mol. The summed E-state index contributed by atoms with van der Waals surface area (Å²) >= 11 is 0. The maximum Gasteiger partial charge on any atom is 0.223 e. The number of guanidine groups is 2. The Kier molecular flexibility index (Phi) is 3.65. The van der Waals surface area contributed by atoms with Gasteiger partial charge in [0.1, 0.15) is 17.3 Å². The molecule has 1 rings (SSSR count). The fraction of sp³-hybridized carbons (Fsp3) is 0.111. The van der Waals surface area contributed by atoms with Gasteiger partial charge in [-0.3, -0.25) is 0 Å². The van der Waals surface area contributed by atoms with Crippen molar-refractivity contribution in [2.75, 3.05) is 7.11 Å². The molecule has 0 amide bonds. The van der Waals surface area contributed by atoms with Crippen molar-refractivity contribution in [3.63, 3.8) is 0 Å². The van der Waals surface area contributed by atoms with Crippen molar-refractivity contribution < 1.29 is 9.13 Å². The van der Waals surface area contributed by atoms with E-state index in [0.29, 0.717) is 5.75 Å². The average Bonchev–Trinajstić information content (AvgIpc) is 2.20. The molecule has 0 saturated carbocycles. The van der Waals surface area contributed by atoms with Crippen LogP contribution in [0.3, 0.4) is 0 Å². The Hall–Kier alpha value is -2.31. The number of aliphatic imine (C=N–C) groups is 2. The third kappa shape index (κ3) is 3.12. The molecular weight excluding hydrogens is 213 g/mol. The number of rotatable bonds is 2. The van der Waals surface area contributed by atoms with Gasteiger partial charge in [0.15, 0.2) is 5.96 Å². The van der Waals surface area contributed by atoms with Crippen molar-refractivity contribution >= 4 is 17.6 Å². The topological polar surface area (TPSA) is 112 Å². The summed E-state index contributed by atoms with van der Waals surface area (Å²) in [6.45, 7) is 0. The van der Waals surface area contributed by atoms with Crippen molar-refractivity contribution in [2.45, 2.75) is 0 Å². The Morgan fingerprint density at radius 2 is 2.00 bits per heavy atom. The van der Waals surface area contributed by atoms with E-state index < -0.39 is 5.82 Å². The molecule has 6 nitrogen and oxygen atoms in total. The molecule has 1 aromatic carbocycles. The van der Waals surface area contributed by atoms with E-state index in [1.54, 1.807) is 0 Å². The minimum Gasteiger partial charge on any atom is -0.497 e. The smallest absolute Gasteiger partial charge is 0.223 e. The number of benzene rings is 1. The lowest BCUT2D eigenvalue weighted by molar-refractivity contribution is 0.414. The number of ether oxygens (including phenoxy) is 1. The van der Waals surface area contributed by atoms with Crippen molar-refractivity contribution in [3.8, 4) is 5.75 Å². The molecule has 0 heterocycles. The minimum atomic E-state index is -0.547. The molecule has 0 aliphatic heterocycles. The first kappa shape index (κ1) is 11.8. The maximum atomic E-state index is 13.3. The Morgan fingerprint density at radius 1 is 1.31 bits per heavy atom. The summed E-state index contributed by atoms with van der Waals surface area (Å²) in [5.41, 5.74) is 15.5. The predicted octanol–water partition coefficient (Wildman–Crippen LogP) is 0.0539. The van der Waals surface area contributed by atoms with E-state index in [-0.39, 0.29) is 17.6 Å². The number of nitrogens with two attached hydrogens (primary N) is 3. The highest BCUT2D eigenvalue weighted by Gasteiger charge is 2.03. The minimum absolute atomic E-state index is 0.00171. The van der Waals surface area contributed by atoms with Crippen LogP contribution in [0.4, 0.5) is 10.1 Å². The van der Waals surface area contributed by atoms with Gasteiger partial charge in [0.25, 0.3) is 0 Å². The van der Waals surface area contributed by atoms with Crippen LogP contribution in [0.15, 0.2) is 28.2 Å². The van der Waals surface area contributed by atoms with Crippen molar-refractivity contribution in [2.24, 2.45) is 27.2 Å². The molecule has 16 heavy (non-hydrogen) atoms. The summed E-state index contributed by atoms with van der Waals surface area (Å²) in [6.07, 6.45) is 0. The van der Waals surface area contributed by atoms with Crippen LogP contribution < -0.4 is 21.9 Å². The van der Waals surface area contributed by atoms with E-state index in [2.05, 4.69) is 9.98 Å². The quantitative estimate of drug-likeness (QED) is 0.487. The summed E-state index contributed by atoms with van der Waals surface area (Å²) in [5, 5.41) is 0. The lowest BCUT2D eigenvalue weighted by Gasteiger charge is -2.02. The fourth-order valence-electron chi connectivity index (χ4n) is 0.986. The van der Waals surface area contributed by atoms with Gasteiger partial charge in [0.2, 0.25) is 5.96 Å². The Morgan fingerprint density at radius 3 is 2.56 bits per heavy atom. The standard InChI is InChI=1S/C9H12FN5O/c1-16-5-2-3-6(10)7(4-5)14-9(13)15-8(11)12/h2-4H,1H3,(H6,11,12,13,14,15). The predicted molar refractivity (Wildman–Crippen MR) is 60.0 cm³/mol. The molecule has 86 valence electrons. The van der Waals surface area contributed by atoms with Crippen LogP contribution in [-0.2, 0) is 0 Å². The summed E-state index contributed by atoms with van der Waals surface area (Å²) < 4.78 is 18.2. The molecule has 1 aromatic rings. The Bertz CT molecular complexity index is 440. The lowest BCUT2D eigenvalue weighted by atomic mass is 10.3. The number of nitrogens with zero attached hydrogens (tertiary/aromatic N) is 2. The second kappa shape index (κ2) is 4.96. The van der Waals surface area contributed by atoms with Gasteiger partial charge in [0, 0.05) is 6.07 Å². The molecule has 0 fully saturated rings. The number of hydrogen-bond donors (Lipinski definition) is 3. The van der Waals surface area contributed by atoms with E-state index in [4.69, 9.17) is 21.9 Å². The zero-order valence-corrected chi connectivity index (χ0v) is 8.64. The van der Waals surface area contributed by atoms with Crippen LogP contribution >= 0.6 is 0 Å². The molecule has 7 heteroatoms. The normalized spacial score (nSPS) is 11.0. The van der Waals surface area contributed by atoms with Gasteiger partial charge in [-0.1, -0.05) is 0 Å². The molecule has 0 spiro atoms. The molecule has 0 unspecified atom stereocenters. The number of hydrogen-bond acceptors (Lipinski definition) is 2. The second-order valence-electron chi connectivity index (χ2n) is 2.82. The first-order valence-corrected chi connectivity index (χ1v) is 4.30.